The first-order chi connectivity index (χ1) is 8.39. The van der Waals surface area contributed by atoms with E-state index in [-0.39, 0.29) is 11.3 Å². The summed E-state index contributed by atoms with van der Waals surface area (Å²) in [5.74, 6) is -0.0913. The molecule has 1 fully saturated rings. The van der Waals surface area contributed by atoms with Gasteiger partial charge in [-0.3, -0.25) is 0 Å². The lowest BCUT2D eigenvalue weighted by atomic mass is 9.93. The largest absolute Gasteiger partial charge is 0.508 e. The molecule has 0 bridgehead atoms. The highest BCUT2D eigenvalue weighted by Crippen LogP contribution is 2.39. The first-order valence-electron chi connectivity index (χ1n) is 6.04. The topological polar surface area (TPSA) is 46.2 Å². The number of hydrogen-bond acceptors (Lipinski definition) is 2. The standard InChI is InChI=1S/C13H16F3NO/c14-13(15,16)12(17)10-7-9(5-6-11(10)18)8-3-1-2-4-8/h5-8,12,18H,1-4,17H2/t12-/m1/s1. The van der Waals surface area contributed by atoms with Gasteiger partial charge in [-0.2, -0.15) is 13.2 Å². The molecule has 1 aliphatic carbocycles. The minimum atomic E-state index is -4.54. The molecule has 1 atom stereocenters. The third-order valence-electron chi connectivity index (χ3n) is 3.57. The van der Waals surface area contributed by atoms with Crippen LogP contribution in [0.2, 0.25) is 0 Å². The summed E-state index contributed by atoms with van der Waals surface area (Å²) in [5, 5.41) is 9.53. The minimum Gasteiger partial charge on any atom is -0.508 e. The van der Waals surface area contributed by atoms with Gasteiger partial charge in [0, 0.05) is 5.56 Å². The zero-order valence-electron chi connectivity index (χ0n) is 9.87. The molecule has 100 valence electrons. The zero-order valence-corrected chi connectivity index (χ0v) is 9.87. The molecule has 5 heteroatoms. The minimum absolute atomic E-state index is 0.230. The van der Waals surface area contributed by atoms with Crippen LogP contribution >= 0.6 is 0 Å². The molecule has 1 aromatic rings. The van der Waals surface area contributed by atoms with Gasteiger partial charge in [-0.25, -0.2) is 0 Å². The predicted octanol–water partition coefficient (Wildman–Crippen LogP) is 3.61. The Bertz CT molecular complexity index is 425. The summed E-state index contributed by atoms with van der Waals surface area (Å²) < 4.78 is 37.8. The number of nitrogens with two attached hydrogens (primary N) is 1. The highest BCUT2D eigenvalue weighted by atomic mass is 19.4. The van der Waals surface area contributed by atoms with Crippen molar-refractivity contribution in [3.05, 3.63) is 29.3 Å². The molecular weight excluding hydrogens is 243 g/mol. The van der Waals surface area contributed by atoms with Gasteiger partial charge in [-0.15, -0.1) is 0 Å². The van der Waals surface area contributed by atoms with Crippen LogP contribution in [0.4, 0.5) is 13.2 Å². The molecular formula is C13H16F3NO. The smallest absolute Gasteiger partial charge is 0.407 e. The SMILES string of the molecule is N[C@H](c1cc(C2CCCC2)ccc1O)C(F)(F)F. The average molecular weight is 259 g/mol. The molecule has 1 saturated carbocycles. The van der Waals surface area contributed by atoms with E-state index >= 15 is 0 Å². The van der Waals surface area contributed by atoms with E-state index in [2.05, 4.69) is 0 Å². The molecule has 1 aliphatic rings. The van der Waals surface area contributed by atoms with E-state index in [1.807, 2.05) is 0 Å². The Hall–Kier alpha value is -1.23. The van der Waals surface area contributed by atoms with Gasteiger partial charge in [0.25, 0.3) is 0 Å². The molecule has 1 aromatic carbocycles. The Morgan fingerprint density at radius 3 is 2.39 bits per heavy atom. The molecule has 0 spiro atoms. The van der Waals surface area contributed by atoms with Crippen LogP contribution in [0.3, 0.4) is 0 Å². The van der Waals surface area contributed by atoms with E-state index in [0.717, 1.165) is 31.2 Å². The van der Waals surface area contributed by atoms with Gasteiger partial charge in [-0.1, -0.05) is 18.9 Å². The van der Waals surface area contributed by atoms with Crippen molar-refractivity contribution in [3.63, 3.8) is 0 Å². The van der Waals surface area contributed by atoms with Crippen molar-refractivity contribution < 1.29 is 18.3 Å². The second-order valence-corrected chi connectivity index (χ2v) is 4.82. The number of halogens is 3. The fourth-order valence-corrected chi connectivity index (χ4v) is 2.51. The maximum Gasteiger partial charge on any atom is 0.407 e. The van der Waals surface area contributed by atoms with Gasteiger partial charge in [0.05, 0.1) is 0 Å². The Morgan fingerprint density at radius 2 is 1.83 bits per heavy atom. The molecule has 0 amide bonds. The second kappa shape index (κ2) is 4.80. The van der Waals surface area contributed by atoms with Crippen LogP contribution in [-0.4, -0.2) is 11.3 Å². The lowest BCUT2D eigenvalue weighted by molar-refractivity contribution is -0.149. The third kappa shape index (κ3) is 2.61. The van der Waals surface area contributed by atoms with Crippen LogP contribution in [0.5, 0.6) is 5.75 Å². The predicted molar refractivity (Wildman–Crippen MR) is 62.3 cm³/mol. The van der Waals surface area contributed by atoms with Crippen molar-refractivity contribution >= 4 is 0 Å². The maximum atomic E-state index is 12.6. The van der Waals surface area contributed by atoms with Crippen LogP contribution < -0.4 is 5.73 Å². The van der Waals surface area contributed by atoms with E-state index in [9.17, 15) is 18.3 Å². The molecule has 0 saturated heterocycles. The normalized spacial score (nSPS) is 19.1. The van der Waals surface area contributed by atoms with Gasteiger partial charge in [0.1, 0.15) is 11.8 Å². The lowest BCUT2D eigenvalue weighted by Gasteiger charge is -2.19. The van der Waals surface area contributed by atoms with E-state index in [1.54, 1.807) is 6.07 Å². The van der Waals surface area contributed by atoms with E-state index in [4.69, 9.17) is 5.73 Å². The van der Waals surface area contributed by atoms with Crippen LogP contribution in [0.1, 0.15) is 48.8 Å². The van der Waals surface area contributed by atoms with Gasteiger partial charge in [0.2, 0.25) is 0 Å². The molecule has 0 unspecified atom stereocenters. The van der Waals surface area contributed by atoms with Crippen LogP contribution in [-0.2, 0) is 0 Å². The van der Waals surface area contributed by atoms with E-state index in [0.29, 0.717) is 5.92 Å². The van der Waals surface area contributed by atoms with Gasteiger partial charge in [-0.05, 0) is 36.5 Å². The zero-order chi connectivity index (χ0) is 13.3. The van der Waals surface area contributed by atoms with Crippen molar-refractivity contribution in [3.8, 4) is 5.75 Å². The Balaban J connectivity index is 2.32. The molecule has 0 aliphatic heterocycles. The average Bonchev–Trinajstić information content (AvgIpc) is 2.81. The lowest BCUT2D eigenvalue weighted by Crippen LogP contribution is -2.28. The number of rotatable bonds is 2. The molecule has 0 heterocycles. The van der Waals surface area contributed by atoms with Gasteiger partial charge < -0.3 is 10.8 Å². The number of phenolic OH excluding ortho intramolecular Hbond substituents is 1. The van der Waals surface area contributed by atoms with Crippen molar-refractivity contribution in [2.45, 2.75) is 43.8 Å². The number of hydrogen-bond donors (Lipinski definition) is 2. The summed E-state index contributed by atoms with van der Waals surface area (Å²) in [6.07, 6.45) is -0.346. The number of aromatic hydroxyl groups is 1. The summed E-state index contributed by atoms with van der Waals surface area (Å²) in [4.78, 5) is 0. The van der Waals surface area contributed by atoms with E-state index in [1.165, 1.54) is 12.1 Å². The monoisotopic (exact) mass is 259 g/mol. The molecule has 3 N–H and O–H groups in total. The molecule has 18 heavy (non-hydrogen) atoms. The van der Waals surface area contributed by atoms with E-state index < -0.39 is 12.2 Å². The number of benzene rings is 1. The molecule has 2 nitrogen and oxygen atoms in total. The highest BCUT2D eigenvalue weighted by Gasteiger charge is 2.39. The fraction of sp³-hybridized carbons (Fsp3) is 0.538. The summed E-state index contributed by atoms with van der Waals surface area (Å²) in [6, 6.07) is 2.29. The molecule has 0 radical (unpaired) electrons. The van der Waals surface area contributed by atoms with Crippen LogP contribution in [0, 0.1) is 0 Å². The summed E-state index contributed by atoms with van der Waals surface area (Å²) >= 11 is 0. The highest BCUT2D eigenvalue weighted by molar-refractivity contribution is 5.40. The first-order valence-corrected chi connectivity index (χ1v) is 6.04. The second-order valence-electron chi connectivity index (χ2n) is 4.82. The summed E-state index contributed by atoms with van der Waals surface area (Å²) in [6.45, 7) is 0. The summed E-state index contributed by atoms with van der Waals surface area (Å²) in [5.41, 5.74) is 5.77. The van der Waals surface area contributed by atoms with Crippen molar-refractivity contribution in [1.82, 2.24) is 0 Å². The Labute approximate surface area is 104 Å². The fourth-order valence-electron chi connectivity index (χ4n) is 2.51. The van der Waals surface area contributed by atoms with Crippen molar-refractivity contribution in [2.24, 2.45) is 5.73 Å². The Morgan fingerprint density at radius 1 is 1.22 bits per heavy atom. The summed E-state index contributed by atoms with van der Waals surface area (Å²) in [7, 11) is 0. The van der Waals surface area contributed by atoms with Crippen molar-refractivity contribution in [2.75, 3.05) is 0 Å². The van der Waals surface area contributed by atoms with Gasteiger partial charge >= 0.3 is 6.18 Å². The third-order valence-corrected chi connectivity index (χ3v) is 3.57. The number of alkyl halides is 3. The first kappa shape index (κ1) is 13.2. The quantitative estimate of drug-likeness (QED) is 0.852. The Kier molecular flexibility index (Phi) is 3.52. The van der Waals surface area contributed by atoms with Gasteiger partial charge in [0.15, 0.2) is 0 Å². The maximum absolute atomic E-state index is 12.6. The van der Waals surface area contributed by atoms with Crippen LogP contribution in [0.15, 0.2) is 18.2 Å². The number of phenols is 1. The van der Waals surface area contributed by atoms with Crippen molar-refractivity contribution in [1.29, 1.82) is 0 Å². The molecule has 0 aromatic heterocycles. The van der Waals surface area contributed by atoms with Crippen LogP contribution in [0.25, 0.3) is 0 Å². The molecule has 2 rings (SSSR count).